The second kappa shape index (κ2) is 5.29. The summed E-state index contributed by atoms with van der Waals surface area (Å²) >= 11 is 5.92. The summed E-state index contributed by atoms with van der Waals surface area (Å²) in [6.07, 6.45) is 0.685. The van der Waals surface area contributed by atoms with E-state index in [1.807, 2.05) is 13.8 Å². The molecule has 0 aliphatic rings. The van der Waals surface area contributed by atoms with Crippen LogP contribution < -0.4 is 5.73 Å². The van der Waals surface area contributed by atoms with Crippen LogP contribution in [0.25, 0.3) is 0 Å². The Morgan fingerprint density at radius 1 is 1.40 bits per heavy atom. The lowest BCUT2D eigenvalue weighted by atomic mass is 9.97. The van der Waals surface area contributed by atoms with E-state index >= 15 is 0 Å². The predicted molar refractivity (Wildman–Crippen MR) is 63.2 cm³/mol. The van der Waals surface area contributed by atoms with Crippen molar-refractivity contribution in [1.29, 1.82) is 0 Å². The van der Waals surface area contributed by atoms with Gasteiger partial charge in [0.25, 0.3) is 0 Å². The van der Waals surface area contributed by atoms with Crippen molar-refractivity contribution in [2.75, 3.05) is 0 Å². The van der Waals surface area contributed by atoms with Crippen LogP contribution in [-0.4, -0.2) is 11.8 Å². The zero-order valence-electron chi connectivity index (χ0n) is 9.03. The van der Waals surface area contributed by atoms with E-state index in [0.29, 0.717) is 22.9 Å². The number of benzene rings is 1. The highest BCUT2D eigenvalue weighted by Gasteiger charge is 2.18. The van der Waals surface area contributed by atoms with Gasteiger partial charge in [0.1, 0.15) is 0 Å². The molecule has 0 amide bonds. The number of carbonyl (C=O) groups excluding carboxylic acids is 1. The monoisotopic (exact) mass is 225 g/mol. The van der Waals surface area contributed by atoms with Crippen molar-refractivity contribution in [3.8, 4) is 0 Å². The first-order chi connectivity index (χ1) is 7.02. The van der Waals surface area contributed by atoms with E-state index in [9.17, 15) is 4.79 Å². The summed E-state index contributed by atoms with van der Waals surface area (Å²) < 4.78 is 0. The third-order valence-electron chi connectivity index (χ3n) is 2.20. The van der Waals surface area contributed by atoms with Gasteiger partial charge in [-0.2, -0.15) is 0 Å². The smallest absolute Gasteiger partial charge is 0.181 e. The first-order valence-electron chi connectivity index (χ1n) is 5.06. The molecular weight excluding hydrogens is 210 g/mol. The molecule has 3 heteroatoms. The number of halogens is 1. The molecule has 2 N–H and O–H groups in total. The topological polar surface area (TPSA) is 43.1 Å². The number of carbonyl (C=O) groups is 1. The molecule has 0 aromatic heterocycles. The second-order valence-electron chi connectivity index (χ2n) is 4.08. The van der Waals surface area contributed by atoms with E-state index in [-0.39, 0.29) is 5.78 Å². The molecule has 1 atom stereocenters. The maximum Gasteiger partial charge on any atom is 0.181 e. The van der Waals surface area contributed by atoms with Crippen molar-refractivity contribution in [2.24, 2.45) is 11.7 Å². The molecule has 2 nitrogen and oxygen atoms in total. The third-order valence-corrected chi connectivity index (χ3v) is 2.53. The molecule has 1 rings (SSSR count). The quantitative estimate of drug-likeness (QED) is 0.801. The molecule has 0 saturated carbocycles. The summed E-state index contributed by atoms with van der Waals surface area (Å²) in [5.41, 5.74) is 6.33. The fraction of sp³-hybridized carbons (Fsp3) is 0.417. The van der Waals surface area contributed by atoms with Crippen LogP contribution in [-0.2, 0) is 0 Å². The van der Waals surface area contributed by atoms with Crippen molar-refractivity contribution in [3.63, 3.8) is 0 Å². The summed E-state index contributed by atoms with van der Waals surface area (Å²) in [5.74, 6) is 0.334. The van der Waals surface area contributed by atoms with Crippen LogP contribution >= 0.6 is 11.6 Å². The van der Waals surface area contributed by atoms with E-state index in [1.165, 1.54) is 0 Å². The van der Waals surface area contributed by atoms with E-state index in [1.54, 1.807) is 24.3 Å². The maximum atomic E-state index is 11.9. The third kappa shape index (κ3) is 3.33. The average molecular weight is 226 g/mol. The second-order valence-corrected chi connectivity index (χ2v) is 4.49. The Balaban J connectivity index is 2.81. The van der Waals surface area contributed by atoms with Gasteiger partial charge in [-0.25, -0.2) is 0 Å². The van der Waals surface area contributed by atoms with Crippen LogP contribution in [0.4, 0.5) is 0 Å². The summed E-state index contributed by atoms with van der Waals surface area (Å²) in [5, 5.41) is 0.474. The Morgan fingerprint density at radius 3 is 2.53 bits per heavy atom. The minimum absolute atomic E-state index is 0.0747. The first-order valence-corrected chi connectivity index (χ1v) is 5.44. The van der Waals surface area contributed by atoms with Crippen LogP contribution in [0.1, 0.15) is 30.6 Å². The maximum absolute atomic E-state index is 11.9. The minimum atomic E-state index is -0.454. The van der Waals surface area contributed by atoms with E-state index in [0.717, 1.165) is 0 Å². The van der Waals surface area contributed by atoms with Crippen molar-refractivity contribution in [3.05, 3.63) is 34.9 Å². The highest BCUT2D eigenvalue weighted by atomic mass is 35.5. The van der Waals surface area contributed by atoms with Crippen LogP contribution in [0.2, 0.25) is 5.02 Å². The Kier molecular flexibility index (Phi) is 4.30. The minimum Gasteiger partial charge on any atom is -0.321 e. The number of nitrogens with two attached hydrogens (primary N) is 1. The van der Waals surface area contributed by atoms with Crippen molar-refractivity contribution >= 4 is 17.4 Å². The SMILES string of the molecule is CC(C)CC(N)C(=O)c1ccccc1Cl. The molecule has 0 aliphatic carbocycles. The Hall–Kier alpha value is -0.860. The van der Waals surface area contributed by atoms with Gasteiger partial charge in [-0.1, -0.05) is 37.6 Å². The normalized spacial score (nSPS) is 12.9. The summed E-state index contributed by atoms with van der Waals surface area (Å²) in [6, 6.07) is 6.56. The summed E-state index contributed by atoms with van der Waals surface area (Å²) in [4.78, 5) is 11.9. The molecule has 0 fully saturated rings. The molecule has 15 heavy (non-hydrogen) atoms. The van der Waals surface area contributed by atoms with Gasteiger partial charge in [0.2, 0.25) is 0 Å². The molecule has 1 unspecified atom stereocenters. The van der Waals surface area contributed by atoms with Crippen molar-refractivity contribution in [1.82, 2.24) is 0 Å². The standard InChI is InChI=1S/C12H16ClNO/c1-8(2)7-11(14)12(15)9-5-3-4-6-10(9)13/h3-6,8,11H,7,14H2,1-2H3. The molecule has 0 spiro atoms. The van der Waals surface area contributed by atoms with Gasteiger partial charge in [-0.05, 0) is 24.5 Å². The van der Waals surface area contributed by atoms with E-state index in [2.05, 4.69) is 0 Å². The number of hydrogen-bond donors (Lipinski definition) is 1. The van der Waals surface area contributed by atoms with Crippen LogP contribution in [0.3, 0.4) is 0 Å². The van der Waals surface area contributed by atoms with Gasteiger partial charge in [-0.3, -0.25) is 4.79 Å². The van der Waals surface area contributed by atoms with Crippen LogP contribution in [0.5, 0.6) is 0 Å². The number of ketones is 1. The molecule has 0 heterocycles. The molecule has 1 aromatic carbocycles. The summed E-state index contributed by atoms with van der Waals surface area (Å²) in [7, 11) is 0. The lowest BCUT2D eigenvalue weighted by Crippen LogP contribution is -2.32. The van der Waals surface area contributed by atoms with Crippen molar-refractivity contribution < 1.29 is 4.79 Å². The molecule has 82 valence electrons. The Labute approximate surface area is 95.4 Å². The lowest BCUT2D eigenvalue weighted by Gasteiger charge is -2.13. The highest BCUT2D eigenvalue weighted by Crippen LogP contribution is 2.18. The van der Waals surface area contributed by atoms with Gasteiger partial charge >= 0.3 is 0 Å². The van der Waals surface area contributed by atoms with Gasteiger partial charge in [-0.15, -0.1) is 0 Å². The van der Waals surface area contributed by atoms with Crippen molar-refractivity contribution in [2.45, 2.75) is 26.3 Å². The zero-order chi connectivity index (χ0) is 11.4. The van der Waals surface area contributed by atoms with Gasteiger partial charge < -0.3 is 5.73 Å². The first kappa shape index (κ1) is 12.2. The highest BCUT2D eigenvalue weighted by molar-refractivity contribution is 6.34. The lowest BCUT2D eigenvalue weighted by molar-refractivity contribution is 0.0951. The number of Topliss-reactive ketones (excluding diaryl/α,β-unsaturated/α-hetero) is 1. The number of hydrogen-bond acceptors (Lipinski definition) is 2. The van der Waals surface area contributed by atoms with Gasteiger partial charge in [0, 0.05) is 5.56 Å². The molecule has 0 saturated heterocycles. The molecule has 0 aliphatic heterocycles. The van der Waals surface area contributed by atoms with E-state index < -0.39 is 6.04 Å². The Bertz CT molecular complexity index is 349. The Morgan fingerprint density at radius 2 is 2.00 bits per heavy atom. The largest absolute Gasteiger partial charge is 0.321 e. The fourth-order valence-corrected chi connectivity index (χ4v) is 1.70. The van der Waals surface area contributed by atoms with Gasteiger partial charge in [0.05, 0.1) is 11.1 Å². The molecule has 0 radical (unpaired) electrons. The van der Waals surface area contributed by atoms with Crippen LogP contribution in [0.15, 0.2) is 24.3 Å². The molecule has 1 aromatic rings. The fourth-order valence-electron chi connectivity index (χ4n) is 1.48. The molecule has 0 bridgehead atoms. The number of rotatable bonds is 4. The zero-order valence-corrected chi connectivity index (χ0v) is 9.79. The molecular formula is C12H16ClNO. The van der Waals surface area contributed by atoms with Crippen LogP contribution in [0, 0.1) is 5.92 Å². The average Bonchev–Trinajstić information content (AvgIpc) is 2.16. The van der Waals surface area contributed by atoms with Gasteiger partial charge in [0.15, 0.2) is 5.78 Å². The van der Waals surface area contributed by atoms with E-state index in [4.69, 9.17) is 17.3 Å². The predicted octanol–water partition coefficient (Wildman–Crippen LogP) is 2.90. The summed E-state index contributed by atoms with van der Waals surface area (Å²) in [6.45, 7) is 4.08.